The van der Waals surface area contributed by atoms with Gasteiger partial charge in [0.15, 0.2) is 0 Å². The summed E-state index contributed by atoms with van der Waals surface area (Å²) in [5.41, 5.74) is -0.278. The van der Waals surface area contributed by atoms with E-state index in [1.807, 2.05) is 0 Å². The highest BCUT2D eigenvalue weighted by atomic mass is 79.9. The van der Waals surface area contributed by atoms with Crippen molar-refractivity contribution < 1.29 is 23.2 Å². The lowest BCUT2D eigenvalue weighted by Crippen LogP contribution is -2.44. The second-order valence-corrected chi connectivity index (χ2v) is 7.09. The zero-order valence-electron chi connectivity index (χ0n) is 11.1. The van der Waals surface area contributed by atoms with Crippen molar-refractivity contribution in [2.24, 2.45) is 5.92 Å². The first-order chi connectivity index (χ1) is 9.56. The van der Waals surface area contributed by atoms with Gasteiger partial charge in [-0.15, -0.1) is 0 Å². The van der Waals surface area contributed by atoms with Gasteiger partial charge in [0.2, 0.25) is 10.0 Å². The fourth-order valence-corrected chi connectivity index (χ4v) is 3.93. The Hall–Kier alpha value is -1.52. The fraction of sp³-hybridized carbons (Fsp3) is 0.364. The molecule has 1 aromatic rings. The molecule has 0 aliphatic heterocycles. The van der Waals surface area contributed by atoms with E-state index in [1.165, 1.54) is 0 Å². The van der Waals surface area contributed by atoms with E-state index in [9.17, 15) is 23.3 Å². The Bertz CT molecular complexity index is 673. The highest BCUT2D eigenvalue weighted by Gasteiger charge is 2.29. The van der Waals surface area contributed by atoms with Gasteiger partial charge in [-0.3, -0.25) is 14.9 Å². The van der Waals surface area contributed by atoms with Crippen LogP contribution >= 0.6 is 15.9 Å². The third-order valence-corrected chi connectivity index (χ3v) is 5.05. The summed E-state index contributed by atoms with van der Waals surface area (Å²) < 4.78 is 26.4. The van der Waals surface area contributed by atoms with Gasteiger partial charge < -0.3 is 5.11 Å². The van der Waals surface area contributed by atoms with Crippen LogP contribution in [0.25, 0.3) is 0 Å². The zero-order chi connectivity index (χ0) is 16.4. The van der Waals surface area contributed by atoms with Gasteiger partial charge >= 0.3 is 5.97 Å². The van der Waals surface area contributed by atoms with E-state index in [0.29, 0.717) is 0 Å². The number of nitrogens with zero attached hydrogens (tertiary/aromatic N) is 1. The largest absolute Gasteiger partial charge is 0.480 e. The minimum atomic E-state index is -4.12. The average Bonchev–Trinajstić information content (AvgIpc) is 2.34. The SMILES string of the molecule is CC(C)C(NS(=O)(=O)c1ccc([N+](=O)[O-])cc1Br)C(=O)O. The Labute approximate surface area is 129 Å². The summed E-state index contributed by atoms with van der Waals surface area (Å²) in [6.07, 6.45) is 0. The number of nitro benzene ring substituents is 1. The van der Waals surface area contributed by atoms with Crippen molar-refractivity contribution >= 4 is 37.6 Å². The van der Waals surface area contributed by atoms with Crippen molar-refractivity contribution in [3.05, 3.63) is 32.8 Å². The smallest absolute Gasteiger partial charge is 0.322 e. The molecule has 1 aromatic carbocycles. The number of hydrogen-bond donors (Lipinski definition) is 2. The molecule has 0 aromatic heterocycles. The summed E-state index contributed by atoms with van der Waals surface area (Å²) >= 11 is 2.94. The van der Waals surface area contributed by atoms with E-state index in [4.69, 9.17) is 5.11 Å². The fourth-order valence-electron chi connectivity index (χ4n) is 1.52. The highest BCUT2D eigenvalue weighted by Crippen LogP contribution is 2.27. The van der Waals surface area contributed by atoms with Gasteiger partial charge in [-0.05, 0) is 27.9 Å². The number of hydrogen-bond acceptors (Lipinski definition) is 5. The van der Waals surface area contributed by atoms with Gasteiger partial charge in [0.05, 0.1) is 9.82 Å². The topological polar surface area (TPSA) is 127 Å². The molecule has 8 nitrogen and oxygen atoms in total. The molecular weight excluding hydrogens is 368 g/mol. The van der Waals surface area contributed by atoms with Crippen molar-refractivity contribution in [2.45, 2.75) is 24.8 Å². The summed E-state index contributed by atoms with van der Waals surface area (Å²) in [6.45, 7) is 3.12. The maximum absolute atomic E-state index is 12.2. The van der Waals surface area contributed by atoms with E-state index < -0.39 is 32.9 Å². The predicted molar refractivity (Wildman–Crippen MR) is 77.4 cm³/mol. The molecule has 0 spiro atoms. The van der Waals surface area contributed by atoms with Crippen LogP contribution < -0.4 is 4.72 Å². The third-order valence-electron chi connectivity index (χ3n) is 2.63. The maximum Gasteiger partial charge on any atom is 0.322 e. The molecule has 10 heteroatoms. The Kier molecular flexibility index (Phi) is 5.42. The summed E-state index contributed by atoms with van der Waals surface area (Å²) in [7, 11) is -4.12. The van der Waals surface area contributed by atoms with E-state index in [2.05, 4.69) is 20.7 Å². The Morgan fingerprint density at radius 2 is 2.00 bits per heavy atom. The van der Waals surface area contributed by atoms with Gasteiger partial charge in [-0.25, -0.2) is 8.42 Å². The molecule has 2 N–H and O–H groups in total. The van der Waals surface area contributed by atoms with E-state index in [-0.39, 0.29) is 15.1 Å². The molecular formula is C11H13BrN2O6S. The van der Waals surface area contributed by atoms with Gasteiger partial charge in [-0.1, -0.05) is 13.8 Å². The standard InChI is InChI=1S/C11H13BrN2O6S/c1-6(2)10(11(15)16)13-21(19,20)9-4-3-7(14(17)18)5-8(9)12/h3-6,10,13H,1-2H3,(H,15,16). The number of aliphatic carboxylic acids is 1. The molecule has 0 heterocycles. The van der Waals surface area contributed by atoms with Crippen LogP contribution in [0.5, 0.6) is 0 Å². The Morgan fingerprint density at radius 3 is 2.38 bits per heavy atom. The second kappa shape index (κ2) is 6.50. The molecule has 1 unspecified atom stereocenters. The number of carbonyl (C=O) groups is 1. The number of nitro groups is 1. The molecule has 0 bridgehead atoms. The Balaban J connectivity index is 3.19. The van der Waals surface area contributed by atoms with Crippen molar-refractivity contribution in [1.82, 2.24) is 4.72 Å². The quantitative estimate of drug-likeness (QED) is 0.571. The summed E-state index contributed by atoms with van der Waals surface area (Å²) in [5, 5.41) is 19.6. The number of nitrogens with one attached hydrogen (secondary N) is 1. The first kappa shape index (κ1) is 17.5. The minimum absolute atomic E-state index is 0.0166. The van der Waals surface area contributed by atoms with Gasteiger partial charge in [0, 0.05) is 16.6 Å². The monoisotopic (exact) mass is 380 g/mol. The lowest BCUT2D eigenvalue weighted by molar-refractivity contribution is -0.385. The van der Waals surface area contributed by atoms with E-state index in [1.54, 1.807) is 13.8 Å². The number of halogens is 1. The number of sulfonamides is 1. The third kappa shape index (κ3) is 4.22. The molecule has 0 aliphatic rings. The van der Waals surface area contributed by atoms with Gasteiger partial charge in [-0.2, -0.15) is 4.72 Å². The first-order valence-corrected chi connectivity index (χ1v) is 8.03. The molecule has 1 atom stereocenters. The number of carboxylic acid groups (broad SMARTS) is 1. The predicted octanol–water partition coefficient (Wildman–Crippen LogP) is 1.74. The van der Waals surface area contributed by atoms with Crippen LogP contribution in [0.3, 0.4) is 0 Å². The lowest BCUT2D eigenvalue weighted by atomic mass is 10.1. The molecule has 116 valence electrons. The molecule has 1 rings (SSSR count). The van der Waals surface area contributed by atoms with Crippen LogP contribution in [0, 0.1) is 16.0 Å². The zero-order valence-corrected chi connectivity index (χ0v) is 13.5. The molecule has 0 saturated carbocycles. The van der Waals surface area contributed by atoms with Crippen LogP contribution in [0.15, 0.2) is 27.6 Å². The molecule has 21 heavy (non-hydrogen) atoms. The molecule has 0 aliphatic carbocycles. The van der Waals surface area contributed by atoms with Gasteiger partial charge in [0.1, 0.15) is 6.04 Å². The summed E-state index contributed by atoms with van der Waals surface area (Å²) in [4.78, 5) is 20.7. The lowest BCUT2D eigenvalue weighted by Gasteiger charge is -2.18. The molecule has 0 fully saturated rings. The van der Waals surface area contributed by atoms with Crippen LogP contribution in [0.1, 0.15) is 13.8 Å². The number of rotatable bonds is 6. The van der Waals surface area contributed by atoms with Crippen LogP contribution in [-0.2, 0) is 14.8 Å². The van der Waals surface area contributed by atoms with Crippen molar-refractivity contribution in [3.63, 3.8) is 0 Å². The highest BCUT2D eigenvalue weighted by molar-refractivity contribution is 9.10. The van der Waals surface area contributed by atoms with E-state index >= 15 is 0 Å². The Morgan fingerprint density at radius 1 is 1.43 bits per heavy atom. The van der Waals surface area contributed by atoms with Crippen molar-refractivity contribution in [2.75, 3.05) is 0 Å². The van der Waals surface area contributed by atoms with Crippen LogP contribution in [-0.4, -0.2) is 30.5 Å². The summed E-state index contributed by atoms with van der Waals surface area (Å²) in [5.74, 6) is -1.76. The molecule has 0 amide bonds. The van der Waals surface area contributed by atoms with Crippen molar-refractivity contribution in [1.29, 1.82) is 0 Å². The number of non-ortho nitro benzene ring substituents is 1. The van der Waals surface area contributed by atoms with Crippen molar-refractivity contribution in [3.8, 4) is 0 Å². The normalized spacial score (nSPS) is 13.1. The molecule has 0 radical (unpaired) electrons. The average molecular weight is 381 g/mol. The van der Waals surface area contributed by atoms with E-state index in [0.717, 1.165) is 18.2 Å². The first-order valence-electron chi connectivity index (χ1n) is 5.75. The van der Waals surface area contributed by atoms with Crippen LogP contribution in [0.4, 0.5) is 5.69 Å². The number of carboxylic acids is 1. The molecule has 0 saturated heterocycles. The van der Waals surface area contributed by atoms with Gasteiger partial charge in [0.25, 0.3) is 5.69 Å². The minimum Gasteiger partial charge on any atom is -0.480 e. The number of benzene rings is 1. The summed E-state index contributed by atoms with van der Waals surface area (Å²) in [6, 6.07) is 1.82. The second-order valence-electron chi connectivity index (χ2n) is 4.55. The van der Waals surface area contributed by atoms with Crippen LogP contribution in [0.2, 0.25) is 0 Å². The maximum atomic E-state index is 12.2.